The molecule has 0 atom stereocenters. The lowest BCUT2D eigenvalue weighted by Gasteiger charge is -2.35. The van der Waals surface area contributed by atoms with Gasteiger partial charge in [-0.2, -0.15) is 0 Å². The van der Waals surface area contributed by atoms with Crippen LogP contribution >= 0.6 is 23.8 Å². The van der Waals surface area contributed by atoms with Crippen LogP contribution in [0.3, 0.4) is 0 Å². The lowest BCUT2D eigenvalue weighted by atomic mass is 9.92. The number of rotatable bonds is 1. The summed E-state index contributed by atoms with van der Waals surface area (Å²) in [4.78, 5) is 3.26. The van der Waals surface area contributed by atoms with E-state index in [9.17, 15) is 0 Å². The number of aromatic amines is 1. The first-order valence-corrected chi connectivity index (χ1v) is 6.87. The Morgan fingerprint density at radius 3 is 2.83 bits per heavy atom. The van der Waals surface area contributed by atoms with E-state index in [0.717, 1.165) is 46.9 Å². The molecule has 1 aromatic carbocycles. The van der Waals surface area contributed by atoms with Crippen LogP contribution in [0, 0.1) is 4.77 Å². The number of hydrogen-bond donors (Lipinski definition) is 1. The minimum absolute atomic E-state index is 0.0122. The number of hydrogen-bond acceptors (Lipinski definition) is 2. The van der Waals surface area contributed by atoms with Crippen molar-refractivity contribution in [1.82, 2.24) is 9.55 Å². The quantitative estimate of drug-likeness (QED) is 0.805. The van der Waals surface area contributed by atoms with Crippen molar-refractivity contribution in [2.24, 2.45) is 0 Å². The molecule has 1 fully saturated rings. The maximum absolute atomic E-state index is 6.10. The smallest absolute Gasteiger partial charge is 0.178 e. The summed E-state index contributed by atoms with van der Waals surface area (Å²) >= 11 is 11.6. The molecule has 5 heteroatoms. The molecule has 0 amide bonds. The Morgan fingerprint density at radius 1 is 1.39 bits per heavy atom. The van der Waals surface area contributed by atoms with Crippen molar-refractivity contribution < 1.29 is 4.74 Å². The summed E-state index contributed by atoms with van der Waals surface area (Å²) in [6, 6.07) is 5.84. The normalized spacial score (nSPS) is 19.2. The number of H-pyrrole nitrogens is 1. The van der Waals surface area contributed by atoms with Gasteiger partial charge >= 0.3 is 0 Å². The largest absolute Gasteiger partial charge is 0.381 e. The van der Waals surface area contributed by atoms with Gasteiger partial charge < -0.3 is 14.3 Å². The molecule has 1 aliphatic rings. The van der Waals surface area contributed by atoms with Crippen molar-refractivity contribution in [3.63, 3.8) is 0 Å². The number of fused-ring (bicyclic) bond motifs is 1. The first-order valence-electron chi connectivity index (χ1n) is 6.09. The SMILES string of the molecule is CC1(n2c(=S)[nH]c3ccc(Cl)cc32)CCOCC1. The molecule has 3 nitrogen and oxygen atoms in total. The Hall–Kier alpha value is -0.840. The molecule has 2 aromatic rings. The van der Waals surface area contributed by atoms with Gasteiger partial charge in [0.2, 0.25) is 0 Å². The molecule has 1 saturated heterocycles. The molecule has 2 heterocycles. The summed E-state index contributed by atoms with van der Waals surface area (Å²) in [5.41, 5.74) is 2.13. The molecule has 1 aromatic heterocycles. The van der Waals surface area contributed by atoms with E-state index in [1.165, 1.54) is 0 Å². The summed E-state index contributed by atoms with van der Waals surface area (Å²) in [6.45, 7) is 3.80. The van der Waals surface area contributed by atoms with Crippen molar-refractivity contribution in [1.29, 1.82) is 0 Å². The standard InChI is InChI=1S/C13H15ClN2OS/c1-13(4-6-17-7-5-13)16-11-8-9(14)2-3-10(11)15-12(16)18/h2-3,8H,4-7H2,1H3,(H,15,18). The summed E-state index contributed by atoms with van der Waals surface area (Å²) < 4.78 is 8.42. The fourth-order valence-electron chi connectivity index (χ4n) is 2.65. The molecular formula is C13H15ClN2OS. The zero-order valence-electron chi connectivity index (χ0n) is 10.2. The molecule has 0 unspecified atom stereocenters. The number of halogens is 1. The number of imidazole rings is 1. The Bertz CT molecular complexity index is 640. The second-order valence-electron chi connectivity index (χ2n) is 5.04. The van der Waals surface area contributed by atoms with Crippen LogP contribution in [0.5, 0.6) is 0 Å². The van der Waals surface area contributed by atoms with Crippen LogP contribution in [0.1, 0.15) is 19.8 Å². The topological polar surface area (TPSA) is 29.9 Å². The number of benzene rings is 1. The van der Waals surface area contributed by atoms with Crippen LogP contribution in [-0.2, 0) is 10.3 Å². The van der Waals surface area contributed by atoms with Gasteiger partial charge in [0.25, 0.3) is 0 Å². The third-order valence-corrected chi connectivity index (χ3v) is 4.27. The van der Waals surface area contributed by atoms with Gasteiger partial charge in [0, 0.05) is 23.8 Å². The average molecular weight is 283 g/mol. The second kappa shape index (κ2) is 4.37. The molecule has 0 aliphatic carbocycles. The first kappa shape index (κ1) is 12.2. The van der Waals surface area contributed by atoms with Crippen molar-refractivity contribution in [2.75, 3.05) is 13.2 Å². The van der Waals surface area contributed by atoms with Crippen molar-refractivity contribution in [2.45, 2.75) is 25.3 Å². The molecule has 1 N–H and O–H groups in total. The Morgan fingerprint density at radius 2 is 2.11 bits per heavy atom. The van der Waals surface area contributed by atoms with E-state index in [2.05, 4.69) is 16.5 Å². The molecule has 0 radical (unpaired) electrons. The van der Waals surface area contributed by atoms with E-state index in [-0.39, 0.29) is 5.54 Å². The highest BCUT2D eigenvalue weighted by molar-refractivity contribution is 7.71. The molecular weight excluding hydrogens is 268 g/mol. The highest BCUT2D eigenvalue weighted by Crippen LogP contribution is 2.33. The maximum atomic E-state index is 6.10. The van der Waals surface area contributed by atoms with Gasteiger partial charge in [-0.25, -0.2) is 0 Å². The van der Waals surface area contributed by atoms with Gasteiger partial charge in [-0.15, -0.1) is 0 Å². The van der Waals surface area contributed by atoms with E-state index in [4.69, 9.17) is 28.6 Å². The van der Waals surface area contributed by atoms with E-state index in [1.807, 2.05) is 18.2 Å². The van der Waals surface area contributed by atoms with Crippen LogP contribution in [0.2, 0.25) is 5.02 Å². The molecule has 0 spiro atoms. The minimum Gasteiger partial charge on any atom is -0.381 e. The fourth-order valence-corrected chi connectivity index (χ4v) is 3.24. The summed E-state index contributed by atoms with van der Waals surface area (Å²) in [7, 11) is 0. The Balaban J connectivity index is 2.24. The van der Waals surface area contributed by atoms with E-state index >= 15 is 0 Å². The highest BCUT2D eigenvalue weighted by atomic mass is 35.5. The molecule has 3 rings (SSSR count). The maximum Gasteiger partial charge on any atom is 0.178 e. The minimum atomic E-state index is 0.0122. The summed E-state index contributed by atoms with van der Waals surface area (Å²) in [6.07, 6.45) is 1.95. The lowest BCUT2D eigenvalue weighted by molar-refractivity contribution is 0.0306. The third-order valence-electron chi connectivity index (χ3n) is 3.76. The molecule has 0 bridgehead atoms. The predicted molar refractivity (Wildman–Crippen MR) is 75.8 cm³/mol. The van der Waals surface area contributed by atoms with E-state index < -0.39 is 0 Å². The third kappa shape index (κ3) is 1.88. The molecule has 0 saturated carbocycles. The Labute approximate surface area is 116 Å². The zero-order chi connectivity index (χ0) is 12.8. The fraction of sp³-hybridized carbons (Fsp3) is 0.462. The number of aromatic nitrogens is 2. The van der Waals surface area contributed by atoms with Crippen molar-refractivity contribution in [3.8, 4) is 0 Å². The van der Waals surface area contributed by atoms with Crippen LogP contribution in [0.4, 0.5) is 0 Å². The average Bonchev–Trinajstić information content (AvgIpc) is 2.66. The zero-order valence-corrected chi connectivity index (χ0v) is 11.8. The van der Waals surface area contributed by atoms with Gasteiger partial charge in [0.15, 0.2) is 4.77 Å². The predicted octanol–water partition coefficient (Wildman–Crippen LogP) is 3.88. The lowest BCUT2D eigenvalue weighted by Crippen LogP contribution is -2.36. The summed E-state index contributed by atoms with van der Waals surface area (Å²) in [5, 5.41) is 0.737. The molecule has 1 aliphatic heterocycles. The van der Waals surface area contributed by atoms with Gasteiger partial charge in [-0.1, -0.05) is 11.6 Å². The molecule has 18 heavy (non-hydrogen) atoms. The van der Waals surface area contributed by atoms with Gasteiger partial charge in [-0.05, 0) is 50.2 Å². The van der Waals surface area contributed by atoms with Crippen molar-refractivity contribution in [3.05, 3.63) is 28.0 Å². The second-order valence-corrected chi connectivity index (χ2v) is 5.86. The number of ether oxygens (including phenoxy) is 1. The Kier molecular flexibility index (Phi) is 2.96. The highest BCUT2D eigenvalue weighted by Gasteiger charge is 2.31. The van der Waals surface area contributed by atoms with Gasteiger partial charge in [0.05, 0.1) is 11.0 Å². The number of nitrogens with one attached hydrogen (secondary N) is 1. The van der Waals surface area contributed by atoms with Gasteiger partial charge in [-0.3, -0.25) is 0 Å². The molecule has 96 valence electrons. The number of nitrogens with zero attached hydrogens (tertiary/aromatic N) is 1. The van der Waals surface area contributed by atoms with E-state index in [1.54, 1.807) is 0 Å². The van der Waals surface area contributed by atoms with Gasteiger partial charge in [0.1, 0.15) is 0 Å². The monoisotopic (exact) mass is 282 g/mol. The van der Waals surface area contributed by atoms with E-state index in [0.29, 0.717) is 0 Å². The first-order chi connectivity index (χ1) is 8.60. The van der Waals surface area contributed by atoms with Crippen molar-refractivity contribution >= 4 is 34.9 Å². The van der Waals surface area contributed by atoms with Crippen LogP contribution < -0.4 is 0 Å². The van der Waals surface area contributed by atoms with Crippen LogP contribution in [-0.4, -0.2) is 22.8 Å². The summed E-state index contributed by atoms with van der Waals surface area (Å²) in [5.74, 6) is 0. The van der Waals surface area contributed by atoms with Crippen LogP contribution in [0.25, 0.3) is 11.0 Å². The van der Waals surface area contributed by atoms with Crippen LogP contribution in [0.15, 0.2) is 18.2 Å².